The molecule has 0 unspecified atom stereocenters. The first kappa shape index (κ1) is 23.5. The zero-order valence-corrected chi connectivity index (χ0v) is 19.5. The summed E-state index contributed by atoms with van der Waals surface area (Å²) in [6.07, 6.45) is 0.813. The van der Waals surface area contributed by atoms with E-state index >= 15 is 0 Å². The number of nitro benzene ring substituents is 1. The lowest BCUT2D eigenvalue weighted by atomic mass is 9.96. The van der Waals surface area contributed by atoms with Crippen LogP contribution in [0.3, 0.4) is 0 Å². The highest BCUT2D eigenvalue weighted by Gasteiger charge is 2.36. The average Bonchev–Trinajstić information content (AvgIpc) is 2.84. The number of hydrogen-bond donors (Lipinski definition) is 0. The van der Waals surface area contributed by atoms with Crippen LogP contribution in [0.15, 0.2) is 53.4 Å². The molecule has 0 aliphatic carbocycles. The van der Waals surface area contributed by atoms with Crippen molar-refractivity contribution in [2.45, 2.75) is 17.7 Å². The van der Waals surface area contributed by atoms with E-state index in [1.54, 1.807) is 0 Å². The summed E-state index contributed by atoms with van der Waals surface area (Å²) in [5, 5.41) is 11.0. The molecule has 2 fully saturated rings. The van der Waals surface area contributed by atoms with Crippen molar-refractivity contribution in [2.24, 2.45) is 5.92 Å². The number of nitrogens with zero attached hydrogens (tertiary/aromatic N) is 4. The fraction of sp³-hybridized carbons (Fsp3) is 0.409. The van der Waals surface area contributed by atoms with Gasteiger partial charge in [0.2, 0.25) is 15.9 Å². The number of carbonyl (C=O) groups is 1. The second-order valence-electron chi connectivity index (χ2n) is 8.20. The fourth-order valence-corrected chi connectivity index (χ4v) is 6.33. The number of anilines is 1. The van der Waals surface area contributed by atoms with Crippen LogP contribution in [0, 0.1) is 16.0 Å². The number of piperidine rings is 1. The van der Waals surface area contributed by atoms with Gasteiger partial charge in [0.25, 0.3) is 5.69 Å². The average molecular weight is 493 g/mol. The molecule has 2 saturated heterocycles. The van der Waals surface area contributed by atoms with Gasteiger partial charge in [-0.2, -0.15) is 4.31 Å². The van der Waals surface area contributed by atoms with Gasteiger partial charge in [-0.3, -0.25) is 14.9 Å². The van der Waals surface area contributed by atoms with Crippen LogP contribution >= 0.6 is 11.6 Å². The van der Waals surface area contributed by atoms with E-state index in [1.807, 2.05) is 23.1 Å². The molecule has 11 heteroatoms. The van der Waals surface area contributed by atoms with Gasteiger partial charge in [0.1, 0.15) is 4.90 Å². The zero-order valence-electron chi connectivity index (χ0n) is 18.0. The second-order valence-corrected chi connectivity index (χ2v) is 10.5. The van der Waals surface area contributed by atoms with Crippen LogP contribution in [-0.2, 0) is 14.8 Å². The number of carbonyl (C=O) groups excluding carboxylic acids is 1. The predicted octanol–water partition coefficient (Wildman–Crippen LogP) is 3.00. The third kappa shape index (κ3) is 4.97. The highest BCUT2D eigenvalue weighted by molar-refractivity contribution is 7.89. The van der Waals surface area contributed by atoms with E-state index < -0.39 is 14.9 Å². The fourth-order valence-electron chi connectivity index (χ4n) is 4.37. The Balaban J connectivity index is 1.36. The van der Waals surface area contributed by atoms with Crippen LogP contribution in [0.4, 0.5) is 11.4 Å². The molecule has 2 aliphatic rings. The van der Waals surface area contributed by atoms with E-state index in [-0.39, 0.29) is 40.5 Å². The number of para-hydroxylation sites is 1. The Morgan fingerprint density at radius 1 is 0.970 bits per heavy atom. The number of benzene rings is 2. The van der Waals surface area contributed by atoms with Crippen LogP contribution in [-0.4, -0.2) is 67.7 Å². The molecule has 0 bridgehead atoms. The molecular formula is C22H25ClN4O5S. The van der Waals surface area contributed by atoms with Gasteiger partial charge in [0, 0.05) is 63.0 Å². The summed E-state index contributed by atoms with van der Waals surface area (Å²) in [7, 11) is -4.00. The molecule has 2 aromatic rings. The normalized spacial score (nSPS) is 18.3. The number of hydrogen-bond acceptors (Lipinski definition) is 6. The molecule has 33 heavy (non-hydrogen) atoms. The quantitative estimate of drug-likeness (QED) is 0.469. The van der Waals surface area contributed by atoms with Crippen molar-refractivity contribution in [2.75, 3.05) is 44.2 Å². The van der Waals surface area contributed by atoms with Gasteiger partial charge in [0.15, 0.2) is 0 Å². The van der Waals surface area contributed by atoms with E-state index in [1.165, 1.54) is 16.4 Å². The number of non-ortho nitro benzene ring substituents is 1. The molecule has 0 spiro atoms. The third-order valence-electron chi connectivity index (χ3n) is 6.26. The van der Waals surface area contributed by atoms with Crippen molar-refractivity contribution in [3.05, 3.63) is 63.7 Å². The van der Waals surface area contributed by atoms with E-state index in [0.29, 0.717) is 25.9 Å². The standard InChI is InChI=1S/C22H25ClN4O5S/c23-20-7-6-19(27(29)30)16-21(20)33(31,32)26-10-8-17(9-11-26)22(28)25-14-12-24(13-15-25)18-4-2-1-3-5-18/h1-7,16-17H,8-15H2. The minimum Gasteiger partial charge on any atom is -0.368 e. The zero-order chi connectivity index (χ0) is 23.6. The topological polar surface area (TPSA) is 104 Å². The van der Waals surface area contributed by atoms with Gasteiger partial charge in [-0.05, 0) is 31.0 Å². The Morgan fingerprint density at radius 3 is 2.21 bits per heavy atom. The van der Waals surface area contributed by atoms with Crippen molar-refractivity contribution < 1.29 is 18.1 Å². The van der Waals surface area contributed by atoms with E-state index in [4.69, 9.17) is 11.6 Å². The largest absolute Gasteiger partial charge is 0.368 e. The van der Waals surface area contributed by atoms with Crippen LogP contribution in [0.25, 0.3) is 0 Å². The summed E-state index contributed by atoms with van der Waals surface area (Å²) < 4.78 is 27.4. The molecule has 2 aliphatic heterocycles. The van der Waals surface area contributed by atoms with Crippen LogP contribution in [0.2, 0.25) is 5.02 Å². The molecule has 2 aromatic carbocycles. The molecule has 0 aromatic heterocycles. The minimum absolute atomic E-state index is 0.0601. The Morgan fingerprint density at radius 2 is 1.61 bits per heavy atom. The lowest BCUT2D eigenvalue weighted by Crippen LogP contribution is -2.52. The number of piperazine rings is 1. The van der Waals surface area contributed by atoms with Crippen molar-refractivity contribution in [1.29, 1.82) is 0 Å². The monoisotopic (exact) mass is 492 g/mol. The molecule has 0 N–H and O–H groups in total. The Kier molecular flexibility index (Phi) is 6.87. The molecule has 4 rings (SSSR count). The summed E-state index contributed by atoms with van der Waals surface area (Å²) >= 11 is 6.05. The van der Waals surface area contributed by atoms with E-state index in [2.05, 4.69) is 17.0 Å². The van der Waals surface area contributed by atoms with Gasteiger partial charge < -0.3 is 9.80 Å². The van der Waals surface area contributed by atoms with Crippen LogP contribution in [0.5, 0.6) is 0 Å². The molecule has 1 amide bonds. The number of amides is 1. The third-order valence-corrected chi connectivity index (χ3v) is 8.64. The van der Waals surface area contributed by atoms with Crippen molar-refractivity contribution >= 4 is 38.9 Å². The first-order chi connectivity index (χ1) is 15.8. The Labute approximate surface area is 197 Å². The van der Waals surface area contributed by atoms with Gasteiger partial charge in [-0.1, -0.05) is 29.8 Å². The summed E-state index contributed by atoms with van der Waals surface area (Å²) in [6.45, 7) is 3.12. The smallest absolute Gasteiger partial charge is 0.270 e. The maximum absolute atomic E-state index is 13.0. The highest BCUT2D eigenvalue weighted by Crippen LogP contribution is 2.31. The van der Waals surface area contributed by atoms with Crippen molar-refractivity contribution in [3.8, 4) is 0 Å². The second kappa shape index (κ2) is 9.66. The Bertz CT molecular complexity index is 1130. The van der Waals surface area contributed by atoms with Crippen LogP contribution < -0.4 is 4.90 Å². The maximum Gasteiger partial charge on any atom is 0.270 e. The first-order valence-electron chi connectivity index (χ1n) is 10.8. The molecule has 9 nitrogen and oxygen atoms in total. The van der Waals surface area contributed by atoms with Crippen molar-refractivity contribution in [1.82, 2.24) is 9.21 Å². The number of nitro groups is 1. The van der Waals surface area contributed by atoms with Crippen LogP contribution in [0.1, 0.15) is 12.8 Å². The summed E-state index contributed by atoms with van der Waals surface area (Å²) in [5.74, 6) is -0.173. The maximum atomic E-state index is 13.0. The van der Waals surface area contributed by atoms with E-state index in [9.17, 15) is 23.3 Å². The minimum atomic E-state index is -4.00. The summed E-state index contributed by atoms with van der Waals surface area (Å²) in [6, 6.07) is 13.5. The van der Waals surface area contributed by atoms with Gasteiger partial charge in [-0.15, -0.1) is 0 Å². The van der Waals surface area contributed by atoms with Crippen molar-refractivity contribution in [3.63, 3.8) is 0 Å². The molecule has 2 heterocycles. The number of rotatable bonds is 5. The number of sulfonamides is 1. The number of halogens is 1. The van der Waals surface area contributed by atoms with E-state index in [0.717, 1.165) is 24.8 Å². The lowest BCUT2D eigenvalue weighted by Gasteiger charge is -2.39. The Hall–Kier alpha value is -2.69. The SMILES string of the molecule is O=C(C1CCN(S(=O)(=O)c2cc([N+](=O)[O-])ccc2Cl)CC1)N1CCN(c2ccccc2)CC1. The molecular weight excluding hydrogens is 468 g/mol. The van der Waals surface area contributed by atoms with Gasteiger partial charge >= 0.3 is 0 Å². The lowest BCUT2D eigenvalue weighted by molar-refractivity contribution is -0.385. The summed E-state index contributed by atoms with van der Waals surface area (Å²) in [4.78, 5) is 27.3. The summed E-state index contributed by atoms with van der Waals surface area (Å²) in [5.41, 5.74) is 0.806. The molecule has 176 valence electrons. The molecule has 0 radical (unpaired) electrons. The molecule has 0 saturated carbocycles. The van der Waals surface area contributed by atoms with Gasteiger partial charge in [-0.25, -0.2) is 8.42 Å². The first-order valence-corrected chi connectivity index (χ1v) is 12.6. The predicted molar refractivity (Wildman–Crippen MR) is 125 cm³/mol. The molecule has 0 atom stereocenters. The highest BCUT2D eigenvalue weighted by atomic mass is 35.5. The van der Waals surface area contributed by atoms with Gasteiger partial charge in [0.05, 0.1) is 9.95 Å².